The summed E-state index contributed by atoms with van der Waals surface area (Å²) in [6.07, 6.45) is -0.887. The lowest BCUT2D eigenvalue weighted by Gasteiger charge is -2.38. The number of carbonyl (C=O) groups is 2. The van der Waals surface area contributed by atoms with Crippen LogP contribution in [-0.4, -0.2) is 59.2 Å². The number of allylic oxidation sites excluding steroid dienone is 1. The second-order valence-electron chi connectivity index (χ2n) is 8.76. The van der Waals surface area contributed by atoms with Gasteiger partial charge in [0.25, 0.3) is 0 Å². The van der Waals surface area contributed by atoms with Gasteiger partial charge in [-0.1, -0.05) is 53.5 Å². The van der Waals surface area contributed by atoms with E-state index in [9.17, 15) is 19.8 Å². The first-order valence-electron chi connectivity index (χ1n) is 11.2. The molecule has 0 bridgehead atoms. The second-order valence-corrected chi connectivity index (χ2v) is 9.55. The van der Waals surface area contributed by atoms with Crippen molar-refractivity contribution in [1.29, 1.82) is 0 Å². The van der Waals surface area contributed by atoms with Gasteiger partial charge in [-0.25, -0.2) is 4.79 Å². The maximum Gasteiger partial charge on any atom is 0.334 e. The Bertz CT molecular complexity index is 1240. The van der Waals surface area contributed by atoms with E-state index in [-0.39, 0.29) is 36.1 Å². The summed E-state index contributed by atoms with van der Waals surface area (Å²) in [5, 5.41) is 24.3. The number of aliphatic hydroxyl groups excluding tert-OH is 1. The Hall–Kier alpha value is -2.84. The van der Waals surface area contributed by atoms with Crippen LogP contribution in [0, 0.1) is 6.92 Å². The minimum atomic E-state index is -1.06. The van der Waals surface area contributed by atoms with E-state index < -0.39 is 18.0 Å². The minimum absolute atomic E-state index is 0.0297. The molecule has 184 valence electrons. The van der Waals surface area contributed by atoms with Gasteiger partial charge in [0.05, 0.1) is 17.1 Å². The summed E-state index contributed by atoms with van der Waals surface area (Å²) in [6, 6.07) is 12.5. The van der Waals surface area contributed by atoms with Crippen molar-refractivity contribution in [2.24, 2.45) is 0 Å². The topological polar surface area (TPSA) is 99.1 Å². The molecule has 7 nitrogen and oxygen atoms in total. The minimum Gasteiger partial charge on any atom is -0.489 e. The van der Waals surface area contributed by atoms with Gasteiger partial charge in [0.2, 0.25) is 0 Å². The zero-order valence-corrected chi connectivity index (χ0v) is 20.9. The number of β-amino-alcohol motifs (C(OH)–C–C–N with tert-alkyl or cyclic N) is 1. The molecule has 0 saturated heterocycles. The van der Waals surface area contributed by atoms with Crippen LogP contribution < -0.4 is 10.1 Å². The molecule has 9 heteroatoms. The number of carboxylic acid groups (broad SMARTS) is 1. The van der Waals surface area contributed by atoms with Gasteiger partial charge in [0, 0.05) is 36.0 Å². The lowest BCUT2D eigenvalue weighted by atomic mass is 9.76. The normalized spacial score (nSPS) is 19.3. The summed E-state index contributed by atoms with van der Waals surface area (Å²) in [6.45, 7) is 4.20. The van der Waals surface area contributed by atoms with Crippen molar-refractivity contribution in [3.05, 3.63) is 86.2 Å². The van der Waals surface area contributed by atoms with Crippen molar-refractivity contribution in [3.63, 3.8) is 0 Å². The van der Waals surface area contributed by atoms with Crippen LogP contribution in [0.3, 0.4) is 0 Å². The number of aliphatic carboxylic acids is 1. The highest BCUT2D eigenvalue weighted by Crippen LogP contribution is 2.41. The molecule has 4 rings (SSSR count). The van der Waals surface area contributed by atoms with Crippen LogP contribution in [0.15, 0.2) is 65.0 Å². The molecule has 0 fully saturated rings. The number of hydrogen-bond acceptors (Lipinski definition) is 6. The van der Waals surface area contributed by atoms with Crippen LogP contribution >= 0.6 is 23.2 Å². The first-order chi connectivity index (χ1) is 16.7. The molecular formula is C26H26Cl2N2O5. The zero-order chi connectivity index (χ0) is 25.3. The van der Waals surface area contributed by atoms with Gasteiger partial charge < -0.3 is 20.3 Å². The zero-order valence-electron chi connectivity index (χ0n) is 19.3. The molecule has 2 aliphatic rings. The van der Waals surface area contributed by atoms with Gasteiger partial charge in [0.1, 0.15) is 23.5 Å². The lowest BCUT2D eigenvalue weighted by Crippen LogP contribution is -2.48. The Morgan fingerprint density at radius 1 is 1.17 bits per heavy atom. The number of carbonyl (C=O) groups excluding carboxylic acids is 1. The van der Waals surface area contributed by atoms with Gasteiger partial charge in [0.15, 0.2) is 5.78 Å². The molecule has 0 aromatic heterocycles. The van der Waals surface area contributed by atoms with E-state index in [1.807, 2.05) is 36.1 Å². The number of ketones is 1. The van der Waals surface area contributed by atoms with Gasteiger partial charge in [-0.2, -0.15) is 0 Å². The largest absolute Gasteiger partial charge is 0.489 e. The van der Waals surface area contributed by atoms with Crippen molar-refractivity contribution >= 4 is 35.0 Å². The fraction of sp³-hybridized carbons (Fsp3) is 0.308. The van der Waals surface area contributed by atoms with Crippen LogP contribution in [0.2, 0.25) is 10.0 Å². The number of aliphatic hydroxyl groups is 1. The van der Waals surface area contributed by atoms with Crippen LogP contribution in [0.1, 0.15) is 24.0 Å². The average Bonchev–Trinajstić information content (AvgIpc) is 2.79. The number of aryl methyl sites for hydroxylation is 1. The van der Waals surface area contributed by atoms with E-state index in [0.29, 0.717) is 34.3 Å². The van der Waals surface area contributed by atoms with E-state index in [0.717, 1.165) is 11.1 Å². The Morgan fingerprint density at radius 2 is 1.91 bits per heavy atom. The number of benzene rings is 2. The number of rotatable bonds is 7. The Morgan fingerprint density at radius 3 is 2.63 bits per heavy atom. The first kappa shape index (κ1) is 25.3. The number of dihydropyridines is 1. The van der Waals surface area contributed by atoms with Crippen LogP contribution in [0.25, 0.3) is 0 Å². The maximum absolute atomic E-state index is 13.4. The van der Waals surface area contributed by atoms with Gasteiger partial charge in [-0.15, -0.1) is 0 Å². The van der Waals surface area contributed by atoms with E-state index in [1.54, 1.807) is 25.1 Å². The van der Waals surface area contributed by atoms with Crippen molar-refractivity contribution in [2.75, 3.05) is 26.2 Å². The molecule has 2 unspecified atom stereocenters. The standard InChI is InChI=1S/C26H26Cl2N2O5/c1-14-6-3-4-7-17(14)23-22(26(33)34)15(2)29-19-11-30(12-20(32)24(19)23)10-16(31)13-35-21-9-5-8-18(27)25(21)28/h3-9,16,23,29,31H,10-13H2,1-2H3,(H,33,34). The van der Waals surface area contributed by atoms with Gasteiger partial charge >= 0.3 is 5.97 Å². The average molecular weight is 517 g/mol. The first-order valence-corrected chi connectivity index (χ1v) is 11.9. The van der Waals surface area contributed by atoms with E-state index >= 15 is 0 Å². The third-order valence-electron chi connectivity index (χ3n) is 6.24. The molecule has 0 aliphatic carbocycles. The van der Waals surface area contributed by atoms with Crippen molar-refractivity contribution in [2.45, 2.75) is 25.9 Å². The van der Waals surface area contributed by atoms with E-state index in [1.165, 1.54) is 0 Å². The van der Waals surface area contributed by atoms with E-state index in [2.05, 4.69) is 5.32 Å². The predicted octanol–water partition coefficient (Wildman–Crippen LogP) is 3.93. The molecule has 2 atom stereocenters. The van der Waals surface area contributed by atoms with Crippen LogP contribution in [0.5, 0.6) is 5.75 Å². The molecule has 2 aromatic carbocycles. The monoisotopic (exact) mass is 516 g/mol. The highest BCUT2D eigenvalue weighted by molar-refractivity contribution is 6.42. The summed E-state index contributed by atoms with van der Waals surface area (Å²) in [5.74, 6) is -1.52. The van der Waals surface area contributed by atoms with E-state index in [4.69, 9.17) is 27.9 Å². The van der Waals surface area contributed by atoms with Crippen molar-refractivity contribution < 1.29 is 24.5 Å². The molecule has 0 saturated carbocycles. The number of halogens is 2. The predicted molar refractivity (Wildman–Crippen MR) is 134 cm³/mol. The molecule has 2 aliphatic heterocycles. The fourth-order valence-corrected chi connectivity index (χ4v) is 5.03. The van der Waals surface area contributed by atoms with Gasteiger partial charge in [-0.05, 0) is 37.1 Å². The highest BCUT2D eigenvalue weighted by atomic mass is 35.5. The molecule has 2 heterocycles. The fourth-order valence-electron chi connectivity index (χ4n) is 4.68. The number of Topliss-reactive ketones (excluding diaryl/α,β-unsaturated/α-hetero) is 1. The Labute approximate surface area is 213 Å². The molecule has 35 heavy (non-hydrogen) atoms. The lowest BCUT2D eigenvalue weighted by molar-refractivity contribution is -0.133. The maximum atomic E-state index is 13.4. The number of nitrogens with one attached hydrogen (secondary N) is 1. The number of nitrogens with zero attached hydrogens (tertiary/aromatic N) is 1. The molecule has 0 amide bonds. The van der Waals surface area contributed by atoms with Crippen LogP contribution in [-0.2, 0) is 9.59 Å². The number of ether oxygens (including phenoxy) is 1. The van der Waals surface area contributed by atoms with Gasteiger partial charge in [-0.3, -0.25) is 9.69 Å². The summed E-state index contributed by atoms with van der Waals surface area (Å²) in [5.41, 5.74) is 3.51. The second kappa shape index (κ2) is 10.4. The Balaban J connectivity index is 1.54. The smallest absolute Gasteiger partial charge is 0.334 e. The third kappa shape index (κ3) is 5.23. The number of hydrogen-bond donors (Lipinski definition) is 3. The SMILES string of the molecule is CC1=C(C(=O)O)C(c2ccccc2C)C2=C(CN(CC(O)COc3cccc(Cl)c3Cl)CC2=O)N1. The third-order valence-corrected chi connectivity index (χ3v) is 7.04. The molecular weight excluding hydrogens is 491 g/mol. The molecule has 0 spiro atoms. The van der Waals surface area contributed by atoms with Crippen molar-refractivity contribution in [3.8, 4) is 5.75 Å². The van der Waals surface area contributed by atoms with Crippen molar-refractivity contribution in [1.82, 2.24) is 10.2 Å². The highest BCUT2D eigenvalue weighted by Gasteiger charge is 2.40. The summed E-state index contributed by atoms with van der Waals surface area (Å²) in [7, 11) is 0. The quantitative estimate of drug-likeness (QED) is 0.512. The number of carboxylic acids is 1. The molecule has 3 N–H and O–H groups in total. The summed E-state index contributed by atoms with van der Waals surface area (Å²) >= 11 is 12.1. The molecule has 0 radical (unpaired) electrons. The Kier molecular flexibility index (Phi) is 7.52. The summed E-state index contributed by atoms with van der Waals surface area (Å²) < 4.78 is 5.62. The molecule has 2 aromatic rings. The van der Waals surface area contributed by atoms with Crippen LogP contribution in [0.4, 0.5) is 0 Å². The summed E-state index contributed by atoms with van der Waals surface area (Å²) in [4.78, 5) is 27.3.